The van der Waals surface area contributed by atoms with E-state index in [1.54, 1.807) is 22.0 Å². The van der Waals surface area contributed by atoms with Gasteiger partial charge >= 0.3 is 5.97 Å². The van der Waals surface area contributed by atoms with Crippen LogP contribution in [-0.4, -0.2) is 90.8 Å². The number of esters is 1. The Morgan fingerprint density at radius 1 is 0.959 bits per heavy atom. The number of likely N-dealkylation sites (tertiary alicyclic amines) is 1. The molecule has 1 spiro atoms. The molecule has 2 aromatic rings. The molecule has 11 heteroatoms. The van der Waals surface area contributed by atoms with Crippen LogP contribution in [0.15, 0.2) is 78.9 Å². The summed E-state index contributed by atoms with van der Waals surface area (Å²) in [5, 5.41) is 12.6. The topological polar surface area (TPSA) is 129 Å². The van der Waals surface area contributed by atoms with Crippen molar-refractivity contribution in [3.8, 4) is 0 Å². The Hall–Kier alpha value is -4.48. The van der Waals surface area contributed by atoms with Crippen molar-refractivity contribution in [1.29, 1.82) is 0 Å². The maximum absolute atomic E-state index is 15.0. The summed E-state index contributed by atoms with van der Waals surface area (Å²) in [7, 11) is 0. The molecule has 2 saturated heterocycles. The molecule has 3 amide bonds. The van der Waals surface area contributed by atoms with Crippen molar-refractivity contribution in [3.05, 3.63) is 84.5 Å². The van der Waals surface area contributed by atoms with E-state index in [0.29, 0.717) is 24.9 Å². The SMILES string of the molecule is CCN(CC)c1ccc(N2C/C=C\CCC(=O)OC[C@H](c3ccccc3)NC(=O)[C@@H]3[C@H]4C(=O)N(CCCCO)[C@H](C2=O)[C@]42C=C[C@H]3O2)cc1. The number of nitrogens with one attached hydrogen (secondary N) is 1. The summed E-state index contributed by atoms with van der Waals surface area (Å²) < 4.78 is 12.2. The summed E-state index contributed by atoms with van der Waals surface area (Å²) in [5.74, 6) is -3.27. The number of nitrogens with zero attached hydrogens (tertiary/aromatic N) is 3. The summed E-state index contributed by atoms with van der Waals surface area (Å²) in [6.45, 7) is 6.18. The molecule has 6 atom stereocenters. The monoisotopic (exact) mass is 670 g/mol. The van der Waals surface area contributed by atoms with Gasteiger partial charge in [0, 0.05) is 50.6 Å². The zero-order chi connectivity index (χ0) is 34.5. The molecule has 4 heterocycles. The molecule has 2 aromatic carbocycles. The average Bonchev–Trinajstić information content (AvgIpc) is 3.76. The van der Waals surface area contributed by atoms with E-state index in [2.05, 4.69) is 24.1 Å². The van der Waals surface area contributed by atoms with Gasteiger partial charge in [-0.15, -0.1) is 0 Å². The standard InChI is InChI=1S/C38H46N4O7/c1-3-40(4-2)27-16-18-28(19-17-27)41-22-10-6-9-15-31(44)48-25-29(26-13-7-5-8-14-26)39-35(45)32-30-20-21-38(49-30)33(32)36(46)42(23-11-12-24-43)34(38)37(41)47/h5-8,10,13-14,16-21,29-30,32-34,43H,3-4,9,11-12,15,22-25H2,1-2H3,(H,39,45)/b10-6-/t29-,30-,32+,33+,34-,38+/m1/s1. The number of aliphatic hydroxyl groups excluding tert-OH is 1. The number of aliphatic hydroxyl groups is 1. The number of hydrogen-bond donors (Lipinski definition) is 2. The third-order valence-electron chi connectivity index (χ3n) is 10.2. The van der Waals surface area contributed by atoms with Gasteiger partial charge in [0.05, 0.1) is 24.0 Å². The fraction of sp³-hybridized carbons (Fsp3) is 0.474. The van der Waals surface area contributed by atoms with E-state index in [0.717, 1.165) is 24.3 Å². The first-order valence-electron chi connectivity index (χ1n) is 17.4. The molecule has 49 heavy (non-hydrogen) atoms. The van der Waals surface area contributed by atoms with E-state index < -0.39 is 47.5 Å². The molecular formula is C38H46N4O7. The minimum Gasteiger partial charge on any atom is -0.463 e. The van der Waals surface area contributed by atoms with Crippen LogP contribution in [0, 0.1) is 11.8 Å². The number of amides is 3. The minimum absolute atomic E-state index is 0.0417. The highest BCUT2D eigenvalue weighted by molar-refractivity contribution is 6.05. The zero-order valence-electron chi connectivity index (χ0n) is 28.2. The van der Waals surface area contributed by atoms with Crippen LogP contribution in [0.4, 0.5) is 11.4 Å². The van der Waals surface area contributed by atoms with Crippen molar-refractivity contribution in [1.82, 2.24) is 10.2 Å². The molecule has 0 aromatic heterocycles. The largest absolute Gasteiger partial charge is 0.463 e. The highest BCUT2D eigenvalue weighted by Crippen LogP contribution is 2.55. The lowest BCUT2D eigenvalue weighted by molar-refractivity contribution is -0.145. The van der Waals surface area contributed by atoms with Crippen molar-refractivity contribution >= 4 is 35.1 Å². The smallest absolute Gasteiger partial charge is 0.306 e. The second kappa shape index (κ2) is 15.0. The third kappa shape index (κ3) is 6.61. The van der Waals surface area contributed by atoms with Crippen molar-refractivity contribution in [2.45, 2.75) is 63.3 Å². The molecule has 0 aliphatic carbocycles. The molecule has 4 aliphatic rings. The number of rotatable bonds is 9. The summed E-state index contributed by atoms with van der Waals surface area (Å²) in [6, 6.07) is 15.4. The van der Waals surface area contributed by atoms with Gasteiger partial charge in [0.25, 0.3) is 5.91 Å². The van der Waals surface area contributed by atoms with Crippen LogP contribution in [-0.2, 0) is 28.7 Å². The van der Waals surface area contributed by atoms with Crippen LogP contribution >= 0.6 is 0 Å². The van der Waals surface area contributed by atoms with Gasteiger partial charge in [-0.05, 0) is 62.9 Å². The van der Waals surface area contributed by atoms with Gasteiger partial charge in [0.1, 0.15) is 18.2 Å². The molecule has 0 radical (unpaired) electrons. The lowest BCUT2D eigenvalue weighted by Gasteiger charge is -2.36. The predicted molar refractivity (Wildman–Crippen MR) is 185 cm³/mol. The molecule has 6 rings (SSSR count). The number of unbranched alkanes of at least 4 members (excludes halogenated alkanes) is 1. The van der Waals surface area contributed by atoms with E-state index in [1.165, 1.54) is 0 Å². The van der Waals surface area contributed by atoms with Crippen molar-refractivity contribution in [3.63, 3.8) is 0 Å². The van der Waals surface area contributed by atoms with Crippen LogP contribution in [0.3, 0.4) is 0 Å². The maximum atomic E-state index is 15.0. The number of anilines is 2. The minimum atomic E-state index is -1.34. The molecule has 5 bridgehead atoms. The molecule has 0 unspecified atom stereocenters. The van der Waals surface area contributed by atoms with Gasteiger partial charge in [0.15, 0.2) is 0 Å². The summed E-state index contributed by atoms with van der Waals surface area (Å²) in [5.41, 5.74) is 1.10. The molecule has 11 nitrogen and oxygen atoms in total. The lowest BCUT2D eigenvalue weighted by Crippen LogP contribution is -2.56. The summed E-state index contributed by atoms with van der Waals surface area (Å²) in [4.78, 5) is 61.8. The van der Waals surface area contributed by atoms with Crippen molar-refractivity contribution < 1.29 is 33.8 Å². The number of allylic oxidation sites excluding steroid dienone is 1. The Bertz CT molecular complexity index is 1570. The Balaban J connectivity index is 1.40. The molecule has 2 fully saturated rings. The third-order valence-corrected chi connectivity index (χ3v) is 10.2. The van der Waals surface area contributed by atoms with Gasteiger partial charge in [0.2, 0.25) is 11.8 Å². The number of cyclic esters (lactones) is 1. The van der Waals surface area contributed by atoms with Crippen LogP contribution in [0.1, 0.15) is 51.1 Å². The van der Waals surface area contributed by atoms with Crippen LogP contribution in [0.2, 0.25) is 0 Å². The zero-order valence-corrected chi connectivity index (χ0v) is 28.2. The van der Waals surface area contributed by atoms with E-state index in [4.69, 9.17) is 9.47 Å². The lowest BCUT2D eigenvalue weighted by atomic mass is 9.74. The maximum Gasteiger partial charge on any atom is 0.306 e. The number of fused-ring (bicyclic) bond motifs is 2. The summed E-state index contributed by atoms with van der Waals surface area (Å²) in [6.07, 6.45) is 8.09. The number of carbonyl (C=O) groups is 4. The molecular weight excluding hydrogens is 624 g/mol. The van der Waals surface area contributed by atoms with Crippen LogP contribution in [0.25, 0.3) is 0 Å². The molecule has 260 valence electrons. The quantitative estimate of drug-likeness (QED) is 0.236. The van der Waals surface area contributed by atoms with Crippen LogP contribution < -0.4 is 15.1 Å². The average molecular weight is 671 g/mol. The van der Waals surface area contributed by atoms with Gasteiger partial charge in [-0.3, -0.25) is 19.2 Å². The summed E-state index contributed by atoms with van der Waals surface area (Å²) >= 11 is 0. The highest BCUT2D eigenvalue weighted by Gasteiger charge is 2.73. The fourth-order valence-corrected chi connectivity index (χ4v) is 7.71. The Labute approximate surface area is 287 Å². The van der Waals surface area contributed by atoms with Gasteiger partial charge in [-0.2, -0.15) is 0 Å². The van der Waals surface area contributed by atoms with Crippen LogP contribution in [0.5, 0.6) is 0 Å². The normalized spacial score (nSPS) is 29.2. The van der Waals surface area contributed by atoms with Crippen molar-refractivity contribution in [2.24, 2.45) is 11.8 Å². The predicted octanol–water partition coefficient (Wildman–Crippen LogP) is 3.54. The Kier molecular flexibility index (Phi) is 10.5. The number of ether oxygens (including phenoxy) is 2. The highest BCUT2D eigenvalue weighted by atomic mass is 16.5. The molecule has 2 N–H and O–H groups in total. The first-order chi connectivity index (χ1) is 23.8. The van der Waals surface area contributed by atoms with Gasteiger partial charge in [-0.1, -0.05) is 54.6 Å². The van der Waals surface area contributed by atoms with Crippen molar-refractivity contribution in [2.75, 3.05) is 49.2 Å². The Morgan fingerprint density at radius 2 is 1.71 bits per heavy atom. The van der Waals surface area contributed by atoms with E-state index in [-0.39, 0.29) is 44.5 Å². The second-order valence-electron chi connectivity index (χ2n) is 13.0. The number of carbonyl (C=O) groups excluding carboxylic acids is 4. The fourth-order valence-electron chi connectivity index (χ4n) is 7.71. The van der Waals surface area contributed by atoms with E-state index in [1.807, 2.05) is 66.7 Å². The first kappa shape index (κ1) is 34.4. The number of benzene rings is 2. The Morgan fingerprint density at radius 3 is 2.43 bits per heavy atom. The molecule has 0 saturated carbocycles. The van der Waals surface area contributed by atoms with E-state index >= 15 is 0 Å². The van der Waals surface area contributed by atoms with Gasteiger partial charge in [-0.25, -0.2) is 0 Å². The number of hydrogen-bond acceptors (Lipinski definition) is 8. The van der Waals surface area contributed by atoms with Gasteiger partial charge < -0.3 is 34.6 Å². The van der Waals surface area contributed by atoms with E-state index in [9.17, 15) is 24.3 Å². The second-order valence-corrected chi connectivity index (χ2v) is 13.0. The molecule has 4 aliphatic heterocycles. The first-order valence-corrected chi connectivity index (χ1v) is 17.4.